The van der Waals surface area contributed by atoms with Crippen molar-refractivity contribution in [2.75, 3.05) is 13.1 Å². The third kappa shape index (κ3) is 4.66. The number of hydrogen-bond acceptors (Lipinski definition) is 2. The van der Waals surface area contributed by atoms with Crippen LogP contribution in [0.2, 0.25) is 0 Å². The van der Waals surface area contributed by atoms with Crippen molar-refractivity contribution in [2.24, 2.45) is 11.8 Å². The lowest BCUT2D eigenvalue weighted by molar-refractivity contribution is -0.176. The summed E-state index contributed by atoms with van der Waals surface area (Å²) >= 11 is 0. The predicted molar refractivity (Wildman–Crippen MR) is 59.7 cm³/mol. The minimum Gasteiger partial charge on any atom is -0.317 e. The van der Waals surface area contributed by atoms with E-state index in [2.05, 4.69) is 5.32 Å². The van der Waals surface area contributed by atoms with Gasteiger partial charge in [-0.15, -0.1) is 0 Å². The third-order valence-electron chi connectivity index (χ3n) is 3.36. The standard InChI is InChI=1S/C12H20F3NO/c1-2-3-10(11(17)12(13,14)15)8-9-4-6-16-7-5-9/h9-10,16H,2-8H2,1H3/t10-/m0/s1. The molecule has 1 N–H and O–H groups in total. The van der Waals surface area contributed by atoms with E-state index in [9.17, 15) is 18.0 Å². The maximum atomic E-state index is 12.4. The third-order valence-corrected chi connectivity index (χ3v) is 3.36. The molecule has 0 bridgehead atoms. The van der Waals surface area contributed by atoms with Crippen LogP contribution in [0.4, 0.5) is 13.2 Å². The zero-order valence-corrected chi connectivity index (χ0v) is 10.1. The molecule has 0 aromatic rings. The molecule has 1 saturated heterocycles. The van der Waals surface area contributed by atoms with Crippen LogP contribution < -0.4 is 5.32 Å². The number of carbonyl (C=O) groups is 1. The fourth-order valence-corrected chi connectivity index (χ4v) is 2.46. The Labute approximate surface area is 100.0 Å². The van der Waals surface area contributed by atoms with Crippen LogP contribution in [-0.4, -0.2) is 25.0 Å². The molecular formula is C12H20F3NO. The number of hydrogen-bond donors (Lipinski definition) is 1. The van der Waals surface area contributed by atoms with Crippen LogP contribution in [0, 0.1) is 11.8 Å². The van der Waals surface area contributed by atoms with E-state index in [4.69, 9.17) is 0 Å². The molecule has 1 aliphatic rings. The fourth-order valence-electron chi connectivity index (χ4n) is 2.46. The summed E-state index contributed by atoms with van der Waals surface area (Å²) in [5.41, 5.74) is 0. The van der Waals surface area contributed by atoms with Crippen molar-refractivity contribution >= 4 is 5.78 Å². The Balaban J connectivity index is 2.55. The van der Waals surface area contributed by atoms with Crippen LogP contribution >= 0.6 is 0 Å². The van der Waals surface area contributed by atoms with Crippen molar-refractivity contribution in [2.45, 2.75) is 45.2 Å². The van der Waals surface area contributed by atoms with Gasteiger partial charge in [-0.05, 0) is 44.7 Å². The molecule has 0 aliphatic carbocycles. The maximum absolute atomic E-state index is 12.4. The van der Waals surface area contributed by atoms with Gasteiger partial charge in [0, 0.05) is 5.92 Å². The molecule has 0 saturated carbocycles. The van der Waals surface area contributed by atoms with E-state index in [0.29, 0.717) is 19.3 Å². The Morgan fingerprint density at radius 1 is 1.35 bits per heavy atom. The first kappa shape index (κ1) is 14.5. The van der Waals surface area contributed by atoms with Gasteiger partial charge in [-0.3, -0.25) is 4.79 Å². The molecule has 0 unspecified atom stereocenters. The number of halogens is 3. The number of Topliss-reactive ketones (excluding diaryl/α,β-unsaturated/α-hetero) is 1. The molecule has 0 radical (unpaired) electrons. The van der Waals surface area contributed by atoms with Crippen LogP contribution in [0.3, 0.4) is 0 Å². The zero-order valence-electron chi connectivity index (χ0n) is 10.1. The second-order valence-corrected chi connectivity index (χ2v) is 4.78. The highest BCUT2D eigenvalue weighted by Gasteiger charge is 2.43. The van der Waals surface area contributed by atoms with Gasteiger partial charge in [0.2, 0.25) is 5.78 Å². The molecule has 0 spiro atoms. The van der Waals surface area contributed by atoms with E-state index in [1.807, 2.05) is 6.92 Å². The summed E-state index contributed by atoms with van der Waals surface area (Å²) in [6, 6.07) is 0. The van der Waals surface area contributed by atoms with Gasteiger partial charge in [0.1, 0.15) is 0 Å². The Kier molecular flexibility index (Phi) is 5.43. The summed E-state index contributed by atoms with van der Waals surface area (Å²) < 4.78 is 37.2. The van der Waals surface area contributed by atoms with E-state index in [0.717, 1.165) is 25.9 Å². The first-order valence-electron chi connectivity index (χ1n) is 6.27. The largest absolute Gasteiger partial charge is 0.450 e. The monoisotopic (exact) mass is 251 g/mol. The van der Waals surface area contributed by atoms with Crippen molar-refractivity contribution in [1.29, 1.82) is 0 Å². The lowest BCUT2D eigenvalue weighted by Crippen LogP contribution is -2.34. The molecule has 0 aromatic heterocycles. The van der Waals surface area contributed by atoms with E-state index in [1.54, 1.807) is 0 Å². The first-order chi connectivity index (χ1) is 7.95. The van der Waals surface area contributed by atoms with Crippen LogP contribution in [-0.2, 0) is 4.79 Å². The normalized spacial score (nSPS) is 20.2. The number of nitrogens with one attached hydrogen (secondary N) is 1. The van der Waals surface area contributed by atoms with Gasteiger partial charge in [-0.25, -0.2) is 0 Å². The number of alkyl halides is 3. The van der Waals surface area contributed by atoms with Gasteiger partial charge < -0.3 is 5.32 Å². The molecule has 1 aliphatic heterocycles. The van der Waals surface area contributed by atoms with Crippen LogP contribution in [0.5, 0.6) is 0 Å². The van der Waals surface area contributed by atoms with Gasteiger partial charge in [0.05, 0.1) is 0 Å². The lowest BCUT2D eigenvalue weighted by Gasteiger charge is -2.26. The lowest BCUT2D eigenvalue weighted by atomic mass is 9.83. The molecular weight excluding hydrogens is 231 g/mol. The maximum Gasteiger partial charge on any atom is 0.450 e. The van der Waals surface area contributed by atoms with E-state index < -0.39 is 17.9 Å². The number of piperidine rings is 1. The highest BCUT2D eigenvalue weighted by atomic mass is 19.4. The first-order valence-corrected chi connectivity index (χ1v) is 6.27. The average Bonchev–Trinajstić information content (AvgIpc) is 2.28. The summed E-state index contributed by atoms with van der Waals surface area (Å²) in [5.74, 6) is -2.10. The smallest absolute Gasteiger partial charge is 0.317 e. The van der Waals surface area contributed by atoms with E-state index in [-0.39, 0.29) is 5.92 Å². The molecule has 100 valence electrons. The Hall–Kier alpha value is -0.580. The van der Waals surface area contributed by atoms with Crippen molar-refractivity contribution < 1.29 is 18.0 Å². The van der Waals surface area contributed by atoms with Crippen LogP contribution in [0.1, 0.15) is 39.0 Å². The molecule has 2 nitrogen and oxygen atoms in total. The second kappa shape index (κ2) is 6.38. The predicted octanol–water partition coefficient (Wildman–Crippen LogP) is 2.92. The fraction of sp³-hybridized carbons (Fsp3) is 0.917. The van der Waals surface area contributed by atoms with Gasteiger partial charge in [-0.1, -0.05) is 13.3 Å². The van der Waals surface area contributed by atoms with Crippen LogP contribution in [0.15, 0.2) is 0 Å². The summed E-state index contributed by atoms with van der Waals surface area (Å²) in [5, 5.41) is 3.17. The summed E-state index contributed by atoms with van der Waals surface area (Å²) in [7, 11) is 0. The molecule has 1 heterocycles. The van der Waals surface area contributed by atoms with Gasteiger partial charge >= 0.3 is 6.18 Å². The van der Waals surface area contributed by atoms with Gasteiger partial charge in [-0.2, -0.15) is 13.2 Å². The van der Waals surface area contributed by atoms with Crippen molar-refractivity contribution in [1.82, 2.24) is 5.32 Å². The van der Waals surface area contributed by atoms with Gasteiger partial charge in [0.25, 0.3) is 0 Å². The van der Waals surface area contributed by atoms with Crippen molar-refractivity contribution in [3.05, 3.63) is 0 Å². The minimum atomic E-state index is -4.67. The molecule has 1 atom stereocenters. The molecule has 5 heteroatoms. The topological polar surface area (TPSA) is 29.1 Å². The summed E-state index contributed by atoms with van der Waals surface area (Å²) in [6.45, 7) is 3.52. The molecule has 1 rings (SSSR count). The highest BCUT2D eigenvalue weighted by Crippen LogP contribution is 2.30. The number of rotatable bonds is 5. The summed E-state index contributed by atoms with van der Waals surface area (Å²) in [4.78, 5) is 11.3. The molecule has 1 fully saturated rings. The Morgan fingerprint density at radius 3 is 2.41 bits per heavy atom. The molecule has 0 aromatic carbocycles. The summed E-state index contributed by atoms with van der Waals surface area (Å²) in [6.07, 6.45) is -1.54. The minimum absolute atomic E-state index is 0.263. The van der Waals surface area contributed by atoms with Crippen molar-refractivity contribution in [3.8, 4) is 0 Å². The quantitative estimate of drug-likeness (QED) is 0.814. The second-order valence-electron chi connectivity index (χ2n) is 4.78. The van der Waals surface area contributed by atoms with Crippen LogP contribution in [0.25, 0.3) is 0 Å². The Bertz CT molecular complexity index is 247. The average molecular weight is 251 g/mol. The number of carbonyl (C=O) groups excluding carboxylic acids is 1. The molecule has 17 heavy (non-hydrogen) atoms. The van der Waals surface area contributed by atoms with Crippen molar-refractivity contribution in [3.63, 3.8) is 0 Å². The SMILES string of the molecule is CCC[C@@H](CC1CCNCC1)C(=O)C(F)(F)F. The van der Waals surface area contributed by atoms with E-state index >= 15 is 0 Å². The van der Waals surface area contributed by atoms with E-state index in [1.165, 1.54) is 0 Å². The zero-order chi connectivity index (χ0) is 12.9. The highest BCUT2D eigenvalue weighted by molar-refractivity contribution is 5.86. The number of ketones is 1. The molecule has 0 amide bonds. The Morgan fingerprint density at radius 2 is 1.94 bits per heavy atom. The van der Waals surface area contributed by atoms with Gasteiger partial charge in [0.15, 0.2) is 0 Å².